The van der Waals surface area contributed by atoms with E-state index in [2.05, 4.69) is 15.9 Å². The van der Waals surface area contributed by atoms with Crippen LogP contribution in [0.3, 0.4) is 0 Å². The summed E-state index contributed by atoms with van der Waals surface area (Å²) in [5, 5.41) is 11.1. The minimum Gasteiger partial charge on any atom is -0.288 e. The van der Waals surface area contributed by atoms with Crippen LogP contribution in [0.15, 0.2) is 59.1 Å². The summed E-state index contributed by atoms with van der Waals surface area (Å²) < 4.78 is 0.861. The quantitative estimate of drug-likeness (QED) is 0.675. The van der Waals surface area contributed by atoms with Gasteiger partial charge in [-0.2, -0.15) is 0 Å². The van der Waals surface area contributed by atoms with E-state index in [0.717, 1.165) is 14.4 Å². The molecule has 0 aliphatic carbocycles. The van der Waals surface area contributed by atoms with E-state index in [9.17, 15) is 14.8 Å². The number of hydrogen-bond acceptors (Lipinski definition) is 4. The van der Waals surface area contributed by atoms with Crippen molar-refractivity contribution in [1.29, 1.82) is 0 Å². The number of rotatable bonds is 3. The molecule has 1 heterocycles. The Balaban J connectivity index is 1.87. The average Bonchev–Trinajstić information content (AvgIpc) is 2.83. The van der Waals surface area contributed by atoms with Gasteiger partial charge in [-0.15, -0.1) is 0 Å². The highest BCUT2D eigenvalue weighted by Crippen LogP contribution is 2.28. The van der Waals surface area contributed by atoms with Gasteiger partial charge in [0.2, 0.25) is 5.91 Å². The molecule has 2 aromatic carbocycles. The third-order valence-electron chi connectivity index (χ3n) is 3.52. The van der Waals surface area contributed by atoms with Gasteiger partial charge in [-0.05, 0) is 36.4 Å². The SMILES string of the molecule is O=C1C[C@@H](N(O)c2ccccc2)C(=O)N1c1ccc(Br)cc1. The number of halogens is 1. The third kappa shape index (κ3) is 2.63. The molecule has 3 rings (SSSR count). The number of nitrogens with zero attached hydrogens (tertiary/aromatic N) is 2. The number of imide groups is 1. The first-order chi connectivity index (χ1) is 10.6. The normalized spacial score (nSPS) is 17.9. The van der Waals surface area contributed by atoms with E-state index in [1.165, 1.54) is 0 Å². The topological polar surface area (TPSA) is 60.9 Å². The molecule has 5 nitrogen and oxygen atoms in total. The molecule has 1 fully saturated rings. The van der Waals surface area contributed by atoms with Crippen molar-refractivity contribution in [3.63, 3.8) is 0 Å². The number of benzene rings is 2. The first-order valence-electron chi connectivity index (χ1n) is 6.73. The Labute approximate surface area is 135 Å². The van der Waals surface area contributed by atoms with Crippen LogP contribution in [-0.4, -0.2) is 23.1 Å². The first kappa shape index (κ1) is 14.7. The Morgan fingerprint density at radius 1 is 1.05 bits per heavy atom. The second-order valence-electron chi connectivity index (χ2n) is 4.94. The van der Waals surface area contributed by atoms with Crippen molar-refractivity contribution < 1.29 is 14.8 Å². The van der Waals surface area contributed by atoms with E-state index in [4.69, 9.17) is 0 Å². The Morgan fingerprint density at radius 3 is 2.32 bits per heavy atom. The fourth-order valence-corrected chi connectivity index (χ4v) is 2.69. The highest BCUT2D eigenvalue weighted by Gasteiger charge is 2.43. The van der Waals surface area contributed by atoms with Crippen LogP contribution in [-0.2, 0) is 9.59 Å². The molecule has 0 radical (unpaired) electrons. The summed E-state index contributed by atoms with van der Waals surface area (Å²) in [5.74, 6) is -0.758. The van der Waals surface area contributed by atoms with Gasteiger partial charge in [-0.1, -0.05) is 34.1 Å². The average molecular weight is 361 g/mol. The lowest BCUT2D eigenvalue weighted by atomic mass is 10.2. The maximum Gasteiger partial charge on any atom is 0.259 e. The summed E-state index contributed by atoms with van der Waals surface area (Å²) in [6.45, 7) is 0. The number of carbonyl (C=O) groups excluding carboxylic acids is 2. The molecule has 1 saturated heterocycles. The zero-order valence-electron chi connectivity index (χ0n) is 11.5. The van der Waals surface area contributed by atoms with Crippen molar-refractivity contribution in [3.05, 3.63) is 59.1 Å². The van der Waals surface area contributed by atoms with Gasteiger partial charge in [0.05, 0.1) is 17.8 Å². The van der Waals surface area contributed by atoms with E-state index in [0.29, 0.717) is 11.4 Å². The molecule has 1 N–H and O–H groups in total. The van der Waals surface area contributed by atoms with Gasteiger partial charge in [0.15, 0.2) is 0 Å². The molecule has 0 bridgehead atoms. The van der Waals surface area contributed by atoms with Gasteiger partial charge in [0.1, 0.15) is 6.04 Å². The number of hydrogen-bond donors (Lipinski definition) is 1. The zero-order chi connectivity index (χ0) is 15.7. The molecule has 6 heteroatoms. The van der Waals surface area contributed by atoms with Gasteiger partial charge in [0, 0.05) is 4.47 Å². The summed E-state index contributed by atoms with van der Waals surface area (Å²) in [4.78, 5) is 25.8. The molecule has 2 aromatic rings. The number of carbonyl (C=O) groups is 2. The molecular formula is C16H13BrN2O3. The minimum absolute atomic E-state index is 0.0553. The van der Waals surface area contributed by atoms with Crippen LogP contribution in [0.25, 0.3) is 0 Å². The van der Waals surface area contributed by atoms with Gasteiger partial charge >= 0.3 is 0 Å². The highest BCUT2D eigenvalue weighted by molar-refractivity contribution is 9.10. The molecule has 0 unspecified atom stereocenters. The summed E-state index contributed by atoms with van der Waals surface area (Å²) in [7, 11) is 0. The second-order valence-corrected chi connectivity index (χ2v) is 5.86. The predicted molar refractivity (Wildman–Crippen MR) is 85.7 cm³/mol. The van der Waals surface area contributed by atoms with E-state index < -0.39 is 11.9 Å². The molecule has 1 aliphatic rings. The van der Waals surface area contributed by atoms with Crippen LogP contribution >= 0.6 is 15.9 Å². The lowest BCUT2D eigenvalue weighted by Crippen LogP contribution is -2.40. The van der Waals surface area contributed by atoms with Gasteiger partial charge < -0.3 is 0 Å². The van der Waals surface area contributed by atoms with Crippen LogP contribution in [0.1, 0.15) is 6.42 Å². The zero-order valence-corrected chi connectivity index (χ0v) is 13.1. The summed E-state index contributed by atoms with van der Waals surface area (Å²) in [5.41, 5.74) is 0.980. The van der Waals surface area contributed by atoms with Crippen molar-refractivity contribution in [1.82, 2.24) is 0 Å². The molecule has 1 aliphatic heterocycles. The van der Waals surface area contributed by atoms with Crippen molar-refractivity contribution >= 4 is 39.1 Å². The summed E-state index contributed by atoms with van der Waals surface area (Å²) in [6, 6.07) is 14.7. The molecule has 1 atom stereocenters. The summed E-state index contributed by atoms with van der Waals surface area (Å²) in [6.07, 6.45) is -0.0553. The van der Waals surface area contributed by atoms with Gasteiger partial charge in [0.25, 0.3) is 5.91 Å². The fourth-order valence-electron chi connectivity index (χ4n) is 2.43. The number of para-hydroxylation sites is 1. The lowest BCUT2D eigenvalue weighted by molar-refractivity contribution is -0.121. The molecular weight excluding hydrogens is 348 g/mol. The Morgan fingerprint density at radius 2 is 1.68 bits per heavy atom. The number of hydroxylamine groups is 1. The monoisotopic (exact) mass is 360 g/mol. The van der Waals surface area contributed by atoms with Gasteiger partial charge in [-0.25, -0.2) is 9.96 Å². The second kappa shape index (κ2) is 5.90. The van der Waals surface area contributed by atoms with Gasteiger partial charge in [-0.3, -0.25) is 14.8 Å². The standard InChI is InChI=1S/C16H13BrN2O3/c17-11-6-8-12(9-7-11)18-15(20)10-14(16(18)21)19(22)13-4-2-1-3-5-13/h1-9,14,22H,10H2/t14-/m1/s1. The van der Waals surface area contributed by atoms with Crippen LogP contribution in [0.5, 0.6) is 0 Å². The van der Waals surface area contributed by atoms with E-state index in [1.807, 2.05) is 6.07 Å². The molecule has 0 saturated carbocycles. The Bertz CT molecular complexity index is 703. The molecule has 2 amide bonds. The predicted octanol–water partition coefficient (Wildman–Crippen LogP) is 2.98. The number of amides is 2. The van der Waals surface area contributed by atoms with E-state index in [1.54, 1.807) is 48.5 Å². The van der Waals surface area contributed by atoms with Crippen LogP contribution in [0.4, 0.5) is 11.4 Å². The largest absolute Gasteiger partial charge is 0.288 e. The number of anilines is 2. The molecule has 112 valence electrons. The molecule has 0 spiro atoms. The smallest absolute Gasteiger partial charge is 0.259 e. The van der Waals surface area contributed by atoms with E-state index >= 15 is 0 Å². The molecule has 0 aromatic heterocycles. The fraction of sp³-hybridized carbons (Fsp3) is 0.125. The van der Waals surface area contributed by atoms with E-state index in [-0.39, 0.29) is 12.3 Å². The Kier molecular flexibility index (Phi) is 3.96. The van der Waals surface area contributed by atoms with Crippen molar-refractivity contribution in [3.8, 4) is 0 Å². The van der Waals surface area contributed by atoms with Crippen LogP contribution < -0.4 is 9.96 Å². The van der Waals surface area contributed by atoms with Crippen molar-refractivity contribution in [2.45, 2.75) is 12.5 Å². The summed E-state index contributed by atoms with van der Waals surface area (Å²) >= 11 is 3.31. The van der Waals surface area contributed by atoms with Crippen LogP contribution in [0, 0.1) is 0 Å². The highest BCUT2D eigenvalue weighted by atomic mass is 79.9. The maximum absolute atomic E-state index is 12.5. The minimum atomic E-state index is -0.904. The third-order valence-corrected chi connectivity index (χ3v) is 4.05. The molecule has 22 heavy (non-hydrogen) atoms. The van der Waals surface area contributed by atoms with Crippen LogP contribution in [0.2, 0.25) is 0 Å². The lowest BCUT2D eigenvalue weighted by Gasteiger charge is -2.22. The van der Waals surface area contributed by atoms with Crippen molar-refractivity contribution in [2.24, 2.45) is 0 Å². The maximum atomic E-state index is 12.5. The first-order valence-corrected chi connectivity index (χ1v) is 7.53. The Hall–Kier alpha value is -2.18. The van der Waals surface area contributed by atoms with Crippen molar-refractivity contribution in [2.75, 3.05) is 9.96 Å².